The van der Waals surface area contributed by atoms with Crippen molar-refractivity contribution >= 4 is 41.0 Å². The van der Waals surface area contributed by atoms with Crippen LogP contribution >= 0.6 is 0 Å². The Balaban J connectivity index is 0.965. The Hall–Kier alpha value is -6.05. The molecule has 2 fully saturated rings. The van der Waals surface area contributed by atoms with Crippen LogP contribution in [0.15, 0.2) is 53.4 Å². The lowest BCUT2D eigenvalue weighted by Crippen LogP contribution is -2.54. The van der Waals surface area contributed by atoms with Crippen molar-refractivity contribution in [3.05, 3.63) is 77.1 Å². The zero-order chi connectivity index (χ0) is 38.3. The van der Waals surface area contributed by atoms with Crippen LogP contribution in [0.1, 0.15) is 80.6 Å². The average Bonchev–Trinajstić information content (AvgIpc) is 3.85. The van der Waals surface area contributed by atoms with E-state index in [0.717, 1.165) is 16.7 Å². The summed E-state index contributed by atoms with van der Waals surface area (Å²) in [6.07, 6.45) is -2.86. The first kappa shape index (κ1) is 36.3. The fourth-order valence-electron chi connectivity index (χ4n) is 6.61. The van der Waals surface area contributed by atoms with Crippen molar-refractivity contribution < 1.29 is 50.3 Å². The van der Waals surface area contributed by atoms with E-state index in [9.17, 15) is 45.9 Å². The average molecular weight is 756 g/mol. The zero-order valence-corrected chi connectivity index (χ0v) is 28.0. The highest BCUT2D eigenvalue weighted by Gasteiger charge is 2.44. The highest BCUT2D eigenvalue weighted by molar-refractivity contribution is 6.23. The number of fused-ring (bicyclic) bond motifs is 1. The van der Waals surface area contributed by atoms with Crippen molar-refractivity contribution in [3.8, 4) is 11.5 Å². The molecule has 1 aromatic carbocycles. The molecular weight excluding hydrogens is 725 g/mol. The molecular formula is C34H30F5N9O6. The minimum atomic E-state index is -4.47. The van der Waals surface area contributed by atoms with Gasteiger partial charge in [0.15, 0.2) is 11.4 Å². The monoisotopic (exact) mass is 755 g/mol. The van der Waals surface area contributed by atoms with Crippen LogP contribution in [-0.4, -0.2) is 90.9 Å². The van der Waals surface area contributed by atoms with Gasteiger partial charge in [0.25, 0.3) is 24.1 Å². The maximum absolute atomic E-state index is 14.0. The van der Waals surface area contributed by atoms with Gasteiger partial charge in [-0.15, -0.1) is 0 Å². The number of imide groups is 2. The van der Waals surface area contributed by atoms with E-state index in [0.29, 0.717) is 32.5 Å². The Morgan fingerprint density at radius 2 is 1.78 bits per heavy atom. The molecule has 4 aromatic rings. The molecule has 3 N–H and O–H groups in total. The molecule has 0 bridgehead atoms. The fraction of sp³-hybridized carbons (Fsp3) is 0.353. The van der Waals surface area contributed by atoms with Crippen molar-refractivity contribution in [1.82, 2.24) is 34.9 Å². The SMILES string of the molecule is O=C1CCC(N2C(=O)c3ccc(CN4CCC(n5cc(NC(=O)c6coc(-c7ccnc(NCC(F)(F)F)c7)n6)c(C(F)F)n5)CC4)cc3C2=O)C(=O)N1. The Morgan fingerprint density at radius 3 is 2.50 bits per heavy atom. The van der Waals surface area contributed by atoms with E-state index in [2.05, 4.69) is 35.9 Å². The van der Waals surface area contributed by atoms with Gasteiger partial charge in [0.1, 0.15) is 24.7 Å². The minimum Gasteiger partial charge on any atom is -0.444 e. The van der Waals surface area contributed by atoms with Gasteiger partial charge in [0.2, 0.25) is 17.7 Å². The third-order valence-electron chi connectivity index (χ3n) is 9.27. The van der Waals surface area contributed by atoms with Crippen LogP contribution < -0.4 is 16.0 Å². The lowest BCUT2D eigenvalue weighted by Gasteiger charge is -2.32. The van der Waals surface area contributed by atoms with Crippen molar-refractivity contribution in [1.29, 1.82) is 0 Å². The van der Waals surface area contributed by atoms with E-state index >= 15 is 0 Å². The second-order valence-corrected chi connectivity index (χ2v) is 12.9. The van der Waals surface area contributed by atoms with Gasteiger partial charge in [-0.1, -0.05) is 6.07 Å². The molecule has 3 aromatic heterocycles. The summed E-state index contributed by atoms with van der Waals surface area (Å²) < 4.78 is 72.5. The van der Waals surface area contributed by atoms with Crippen LogP contribution in [-0.2, 0) is 16.1 Å². The molecule has 0 radical (unpaired) electrons. The fourth-order valence-corrected chi connectivity index (χ4v) is 6.61. The predicted molar refractivity (Wildman–Crippen MR) is 176 cm³/mol. The zero-order valence-electron chi connectivity index (χ0n) is 28.0. The van der Waals surface area contributed by atoms with Gasteiger partial charge in [-0.05, 0) is 49.1 Å². The summed E-state index contributed by atoms with van der Waals surface area (Å²) in [6.45, 7) is 0.174. The van der Waals surface area contributed by atoms with E-state index in [-0.39, 0.29) is 58.7 Å². The number of halogens is 5. The summed E-state index contributed by atoms with van der Waals surface area (Å²) in [5, 5.41) is 10.8. The maximum atomic E-state index is 14.0. The van der Waals surface area contributed by atoms with Gasteiger partial charge in [-0.25, -0.2) is 18.7 Å². The molecule has 20 heteroatoms. The molecule has 3 aliphatic rings. The minimum absolute atomic E-state index is 0.0162. The van der Waals surface area contributed by atoms with Crippen molar-refractivity contribution in [3.63, 3.8) is 0 Å². The van der Waals surface area contributed by atoms with Gasteiger partial charge < -0.3 is 15.1 Å². The van der Waals surface area contributed by atoms with Crippen LogP contribution in [0.4, 0.5) is 33.5 Å². The first-order chi connectivity index (χ1) is 25.7. The van der Waals surface area contributed by atoms with Gasteiger partial charge in [-0.2, -0.15) is 18.3 Å². The molecule has 0 spiro atoms. The van der Waals surface area contributed by atoms with Gasteiger partial charge in [0, 0.05) is 44.0 Å². The molecule has 1 atom stereocenters. The molecule has 7 rings (SSSR count). The number of pyridine rings is 1. The second kappa shape index (κ2) is 14.4. The number of piperidine rings is 2. The van der Waals surface area contributed by atoms with E-state index < -0.39 is 60.4 Å². The number of nitrogens with one attached hydrogen (secondary N) is 3. The molecule has 2 saturated heterocycles. The van der Waals surface area contributed by atoms with Gasteiger partial charge in [-0.3, -0.25) is 43.8 Å². The first-order valence-corrected chi connectivity index (χ1v) is 16.7. The first-order valence-electron chi connectivity index (χ1n) is 16.7. The number of carbonyl (C=O) groups is 5. The lowest BCUT2D eigenvalue weighted by molar-refractivity contribution is -0.136. The number of rotatable bonds is 10. The Morgan fingerprint density at radius 1 is 1.02 bits per heavy atom. The third kappa shape index (κ3) is 7.54. The standard InChI is InChI=1S/C34H30F5N9O6/c35-28(36)27-22(42-29(50)23-15-54-31(43-23)18-5-8-40-25(12-18)41-16-34(37,38)39)14-47(45-27)19-6-9-46(10-7-19)13-17-1-2-20-21(11-17)33(53)48(32(20)52)24-3-4-26(49)44-30(24)51/h1-2,5,8,11-12,14-15,19,24,28H,3-4,6-7,9-10,13,16H2,(H,40,41)(H,42,50)(H,44,49,51). The Kier molecular flexibility index (Phi) is 9.69. The quantitative estimate of drug-likeness (QED) is 0.155. The second-order valence-electron chi connectivity index (χ2n) is 12.9. The summed E-state index contributed by atoms with van der Waals surface area (Å²) in [5.74, 6) is -3.44. The maximum Gasteiger partial charge on any atom is 0.405 e. The van der Waals surface area contributed by atoms with E-state index in [1.807, 2.05) is 0 Å². The summed E-state index contributed by atoms with van der Waals surface area (Å²) >= 11 is 0. The number of amides is 5. The third-order valence-corrected chi connectivity index (χ3v) is 9.27. The van der Waals surface area contributed by atoms with Crippen LogP contribution in [0.2, 0.25) is 0 Å². The van der Waals surface area contributed by atoms with Crippen molar-refractivity contribution in [2.45, 2.75) is 56.9 Å². The largest absolute Gasteiger partial charge is 0.444 e. The van der Waals surface area contributed by atoms with Crippen LogP contribution in [0.25, 0.3) is 11.5 Å². The summed E-state index contributed by atoms with van der Waals surface area (Å²) in [5.41, 5.74) is 0.178. The topological polar surface area (TPSA) is 185 Å². The number of aromatic nitrogens is 4. The van der Waals surface area contributed by atoms with Crippen LogP contribution in [0.5, 0.6) is 0 Å². The summed E-state index contributed by atoms with van der Waals surface area (Å²) in [4.78, 5) is 74.0. The highest BCUT2D eigenvalue weighted by Crippen LogP contribution is 2.33. The Bertz CT molecular complexity index is 2140. The summed E-state index contributed by atoms with van der Waals surface area (Å²) in [7, 11) is 0. The number of nitrogens with zero attached hydrogens (tertiary/aromatic N) is 6. The van der Waals surface area contributed by atoms with Crippen LogP contribution in [0, 0.1) is 0 Å². The van der Waals surface area contributed by atoms with Crippen molar-refractivity contribution in [2.75, 3.05) is 30.3 Å². The van der Waals surface area contributed by atoms with Gasteiger partial charge in [0.05, 0.1) is 22.9 Å². The number of oxazole rings is 1. The summed E-state index contributed by atoms with van der Waals surface area (Å²) in [6, 6.07) is 6.20. The number of alkyl halides is 5. The number of benzene rings is 1. The van der Waals surface area contributed by atoms with Gasteiger partial charge >= 0.3 is 6.18 Å². The smallest absolute Gasteiger partial charge is 0.405 e. The molecule has 15 nitrogen and oxygen atoms in total. The molecule has 282 valence electrons. The normalized spacial score (nSPS) is 18.3. The molecule has 54 heavy (non-hydrogen) atoms. The predicted octanol–water partition coefficient (Wildman–Crippen LogP) is 4.34. The molecule has 5 amide bonds. The number of anilines is 2. The lowest BCUT2D eigenvalue weighted by atomic mass is 10.0. The molecule has 0 saturated carbocycles. The number of hydrogen-bond acceptors (Lipinski definition) is 11. The Labute approximate surface area is 301 Å². The van der Waals surface area contributed by atoms with E-state index in [1.54, 1.807) is 18.2 Å². The number of hydrogen-bond donors (Lipinski definition) is 3. The molecule has 0 aliphatic carbocycles. The number of likely N-dealkylation sites (tertiary alicyclic amines) is 1. The van der Waals surface area contributed by atoms with E-state index in [4.69, 9.17) is 4.42 Å². The number of carbonyl (C=O) groups excluding carboxylic acids is 5. The molecule has 1 unspecified atom stereocenters. The molecule has 3 aliphatic heterocycles. The van der Waals surface area contributed by atoms with E-state index in [1.165, 1.54) is 29.2 Å². The van der Waals surface area contributed by atoms with Crippen LogP contribution in [0.3, 0.4) is 0 Å². The highest BCUT2D eigenvalue weighted by atomic mass is 19.4. The van der Waals surface area contributed by atoms with Crippen molar-refractivity contribution in [2.24, 2.45) is 0 Å². The molecule has 6 heterocycles.